The fraction of sp³-hybridized carbons (Fsp3) is 0.940. The van der Waals surface area contributed by atoms with Gasteiger partial charge in [-0.15, -0.1) is 0 Å². The summed E-state index contributed by atoms with van der Waals surface area (Å²) in [7, 11) is 0. The summed E-state index contributed by atoms with van der Waals surface area (Å²) in [5, 5.41) is 0. The number of unbranched alkanes of at least 4 members (excludes halogenated alkanes) is 32. The number of carbonyl (C=O) groups is 3. The van der Waals surface area contributed by atoms with E-state index in [1.807, 2.05) is 0 Å². The maximum absolute atomic E-state index is 12.8. The highest BCUT2D eigenvalue weighted by Gasteiger charge is 2.19. The summed E-state index contributed by atoms with van der Waals surface area (Å²) < 4.78 is 16.8. The highest BCUT2D eigenvalue weighted by Crippen LogP contribution is 2.17. The van der Waals surface area contributed by atoms with Crippen molar-refractivity contribution in [2.24, 2.45) is 5.92 Å². The normalized spacial score (nSPS) is 11.9. The molecule has 332 valence electrons. The summed E-state index contributed by atoms with van der Waals surface area (Å²) in [6.45, 7) is 9.00. The molecule has 0 spiro atoms. The number of hydrogen-bond donors (Lipinski definition) is 0. The average molecular weight is 793 g/mol. The quantitative estimate of drug-likeness (QED) is 0.0347. The summed E-state index contributed by atoms with van der Waals surface area (Å²) in [6, 6.07) is 0. The Balaban J connectivity index is 4.32. The largest absolute Gasteiger partial charge is 0.462 e. The van der Waals surface area contributed by atoms with Gasteiger partial charge in [0.1, 0.15) is 13.2 Å². The maximum Gasteiger partial charge on any atom is 0.306 e. The monoisotopic (exact) mass is 793 g/mol. The molecule has 0 aromatic carbocycles. The van der Waals surface area contributed by atoms with Crippen molar-refractivity contribution in [2.45, 2.75) is 284 Å². The highest BCUT2D eigenvalue weighted by molar-refractivity contribution is 5.71. The second-order valence-electron chi connectivity index (χ2n) is 17.6. The molecular formula is C50H96O6. The summed E-state index contributed by atoms with van der Waals surface area (Å²) in [5.74, 6) is -0.0293. The molecule has 0 radical (unpaired) electrons. The predicted octanol–water partition coefficient (Wildman–Crippen LogP) is 15.9. The Labute approximate surface area is 348 Å². The van der Waals surface area contributed by atoms with Gasteiger partial charge < -0.3 is 14.2 Å². The Bertz CT molecular complexity index is 841. The van der Waals surface area contributed by atoms with Crippen LogP contribution in [0.25, 0.3) is 0 Å². The van der Waals surface area contributed by atoms with Gasteiger partial charge in [-0.1, -0.05) is 240 Å². The topological polar surface area (TPSA) is 78.9 Å². The fourth-order valence-corrected chi connectivity index (χ4v) is 7.51. The van der Waals surface area contributed by atoms with Gasteiger partial charge in [0.2, 0.25) is 0 Å². The summed E-state index contributed by atoms with van der Waals surface area (Å²) in [4.78, 5) is 37.8. The lowest BCUT2D eigenvalue weighted by Crippen LogP contribution is -2.30. The van der Waals surface area contributed by atoms with Crippen LogP contribution in [-0.4, -0.2) is 37.2 Å². The third-order valence-electron chi connectivity index (χ3n) is 11.3. The van der Waals surface area contributed by atoms with E-state index in [4.69, 9.17) is 14.2 Å². The maximum atomic E-state index is 12.8. The lowest BCUT2D eigenvalue weighted by Gasteiger charge is -2.18. The molecule has 56 heavy (non-hydrogen) atoms. The summed E-state index contributed by atoms with van der Waals surface area (Å²) in [5.41, 5.74) is 0. The van der Waals surface area contributed by atoms with E-state index in [-0.39, 0.29) is 31.1 Å². The van der Waals surface area contributed by atoms with E-state index in [1.54, 1.807) is 0 Å². The minimum Gasteiger partial charge on any atom is -0.462 e. The molecule has 0 amide bonds. The lowest BCUT2D eigenvalue weighted by molar-refractivity contribution is -0.167. The zero-order chi connectivity index (χ0) is 41.0. The van der Waals surface area contributed by atoms with Crippen LogP contribution in [0.1, 0.15) is 278 Å². The van der Waals surface area contributed by atoms with Crippen molar-refractivity contribution in [3.8, 4) is 0 Å². The molecule has 0 N–H and O–H groups in total. The molecule has 0 aromatic rings. The van der Waals surface area contributed by atoms with E-state index in [2.05, 4.69) is 27.7 Å². The van der Waals surface area contributed by atoms with Crippen LogP contribution in [0.5, 0.6) is 0 Å². The van der Waals surface area contributed by atoms with Crippen LogP contribution >= 0.6 is 0 Å². The number of carbonyl (C=O) groups excluding carboxylic acids is 3. The summed E-state index contributed by atoms with van der Waals surface area (Å²) in [6.07, 6.45) is 45.1. The van der Waals surface area contributed by atoms with E-state index in [9.17, 15) is 14.4 Å². The number of rotatable bonds is 45. The Morgan fingerprint density at radius 2 is 0.589 bits per heavy atom. The minimum absolute atomic E-state index is 0.0631. The van der Waals surface area contributed by atoms with Gasteiger partial charge in [0, 0.05) is 19.3 Å². The van der Waals surface area contributed by atoms with E-state index in [0.717, 1.165) is 63.7 Å². The number of hydrogen-bond acceptors (Lipinski definition) is 6. The van der Waals surface area contributed by atoms with Crippen LogP contribution in [0, 0.1) is 5.92 Å². The van der Waals surface area contributed by atoms with Crippen LogP contribution in [0.4, 0.5) is 0 Å². The molecule has 1 atom stereocenters. The number of esters is 3. The molecule has 0 aliphatic rings. The van der Waals surface area contributed by atoms with Gasteiger partial charge in [0.05, 0.1) is 0 Å². The third kappa shape index (κ3) is 43.5. The molecule has 0 fully saturated rings. The second-order valence-corrected chi connectivity index (χ2v) is 17.6. The first kappa shape index (κ1) is 54.4. The van der Waals surface area contributed by atoms with Crippen LogP contribution < -0.4 is 0 Å². The molecule has 6 nitrogen and oxygen atoms in total. The van der Waals surface area contributed by atoms with E-state index < -0.39 is 6.10 Å². The van der Waals surface area contributed by atoms with E-state index in [0.29, 0.717) is 19.3 Å². The Hall–Kier alpha value is -1.59. The van der Waals surface area contributed by atoms with Crippen molar-refractivity contribution in [1.82, 2.24) is 0 Å². The van der Waals surface area contributed by atoms with Crippen molar-refractivity contribution >= 4 is 17.9 Å². The van der Waals surface area contributed by atoms with Gasteiger partial charge in [0.25, 0.3) is 0 Å². The minimum atomic E-state index is -0.759. The highest BCUT2D eigenvalue weighted by atomic mass is 16.6. The molecular weight excluding hydrogens is 697 g/mol. The van der Waals surface area contributed by atoms with Gasteiger partial charge in [-0.25, -0.2) is 0 Å². The molecule has 0 heterocycles. The molecule has 6 heteroatoms. The van der Waals surface area contributed by atoms with Crippen molar-refractivity contribution in [3.63, 3.8) is 0 Å². The van der Waals surface area contributed by atoms with E-state index in [1.165, 1.54) is 173 Å². The molecule has 0 aromatic heterocycles. The molecule has 0 rings (SSSR count). The van der Waals surface area contributed by atoms with Crippen LogP contribution in [0.15, 0.2) is 0 Å². The lowest BCUT2D eigenvalue weighted by atomic mass is 10.0. The standard InChI is InChI=1S/C50H96O6/c1-5-7-9-11-13-15-17-18-19-21-27-31-35-39-43-50(53)56-47(44-54-48(51)41-37-33-29-25-20-16-14-12-10-8-6-2)45-55-49(52)42-38-34-30-26-23-22-24-28-32-36-40-46(3)4/h46-47H,5-45H2,1-4H3/t47-/m0/s1. The predicted molar refractivity (Wildman–Crippen MR) is 238 cm³/mol. The molecule has 0 saturated carbocycles. The molecule has 0 aliphatic carbocycles. The van der Waals surface area contributed by atoms with Crippen molar-refractivity contribution in [2.75, 3.05) is 13.2 Å². The number of ether oxygens (including phenoxy) is 3. The Morgan fingerprint density at radius 1 is 0.339 bits per heavy atom. The van der Waals surface area contributed by atoms with Crippen molar-refractivity contribution < 1.29 is 28.6 Å². The average Bonchev–Trinajstić information content (AvgIpc) is 3.18. The van der Waals surface area contributed by atoms with Gasteiger partial charge in [-0.05, 0) is 25.2 Å². The smallest absolute Gasteiger partial charge is 0.306 e. The van der Waals surface area contributed by atoms with Crippen molar-refractivity contribution in [1.29, 1.82) is 0 Å². The first-order chi connectivity index (χ1) is 27.4. The SMILES string of the molecule is CCCCCCCCCCCCCCCCC(=O)O[C@@H](COC(=O)CCCCCCCCCCCCC)COC(=O)CCCCCCCCCCCCC(C)C. The van der Waals surface area contributed by atoms with Crippen LogP contribution in [0.3, 0.4) is 0 Å². The Kier molecular flexibility index (Phi) is 43.2. The fourth-order valence-electron chi connectivity index (χ4n) is 7.51. The molecule has 0 bridgehead atoms. The van der Waals surface area contributed by atoms with Gasteiger partial charge >= 0.3 is 17.9 Å². The molecule has 0 unspecified atom stereocenters. The summed E-state index contributed by atoms with van der Waals surface area (Å²) >= 11 is 0. The molecule has 0 saturated heterocycles. The first-order valence-electron chi connectivity index (χ1n) is 24.9. The zero-order valence-corrected chi connectivity index (χ0v) is 38.1. The van der Waals surface area contributed by atoms with E-state index >= 15 is 0 Å². The van der Waals surface area contributed by atoms with Gasteiger partial charge in [-0.3, -0.25) is 14.4 Å². The third-order valence-corrected chi connectivity index (χ3v) is 11.3. The second kappa shape index (κ2) is 44.5. The van der Waals surface area contributed by atoms with Crippen LogP contribution in [0.2, 0.25) is 0 Å². The first-order valence-corrected chi connectivity index (χ1v) is 24.9. The zero-order valence-electron chi connectivity index (χ0n) is 38.1. The van der Waals surface area contributed by atoms with Gasteiger partial charge in [0.15, 0.2) is 6.10 Å². The molecule has 0 aliphatic heterocycles. The van der Waals surface area contributed by atoms with Crippen LogP contribution in [-0.2, 0) is 28.6 Å². The van der Waals surface area contributed by atoms with Gasteiger partial charge in [-0.2, -0.15) is 0 Å². The Morgan fingerprint density at radius 3 is 0.875 bits per heavy atom. The van der Waals surface area contributed by atoms with Crippen molar-refractivity contribution in [3.05, 3.63) is 0 Å².